The number of rotatable bonds is 14. The molecule has 2 atom stereocenters. The number of aryl methyl sites for hydroxylation is 1. The highest BCUT2D eigenvalue weighted by atomic mass is 16.6. The van der Waals surface area contributed by atoms with Gasteiger partial charge in [0, 0.05) is 13.0 Å². The van der Waals surface area contributed by atoms with Crippen molar-refractivity contribution in [3.05, 3.63) is 35.4 Å². The summed E-state index contributed by atoms with van der Waals surface area (Å²) >= 11 is 0. The number of hydrogen-bond donors (Lipinski definition) is 2. The van der Waals surface area contributed by atoms with Crippen molar-refractivity contribution >= 4 is 17.8 Å². The lowest BCUT2D eigenvalue weighted by Crippen LogP contribution is -2.45. The second-order valence-corrected chi connectivity index (χ2v) is 8.95. The lowest BCUT2D eigenvalue weighted by atomic mass is 10.1. The average molecular weight is 451 g/mol. The Morgan fingerprint density at radius 2 is 1.72 bits per heavy atom. The number of hydrogen-bond acceptors (Lipinski definition) is 6. The highest BCUT2D eigenvalue weighted by Crippen LogP contribution is 2.14. The van der Waals surface area contributed by atoms with E-state index in [-0.39, 0.29) is 24.9 Å². The minimum Gasteiger partial charge on any atom is -0.444 e. The van der Waals surface area contributed by atoms with Crippen LogP contribution >= 0.6 is 0 Å². The van der Waals surface area contributed by atoms with Gasteiger partial charge in [0.1, 0.15) is 12.2 Å². The van der Waals surface area contributed by atoms with E-state index in [9.17, 15) is 14.4 Å². The van der Waals surface area contributed by atoms with Crippen LogP contribution in [0.2, 0.25) is 0 Å². The SMILES string of the molecule is CC(=O)COCCCc1ccc(CO[C@H](C)[C@H](CCC(N)=O)NC(=O)OC(C)(C)C)cc1. The largest absolute Gasteiger partial charge is 0.444 e. The van der Waals surface area contributed by atoms with Gasteiger partial charge >= 0.3 is 6.09 Å². The van der Waals surface area contributed by atoms with E-state index in [1.807, 2.05) is 31.2 Å². The van der Waals surface area contributed by atoms with Gasteiger partial charge < -0.3 is 25.3 Å². The number of ketones is 1. The Hall–Kier alpha value is -2.45. The van der Waals surface area contributed by atoms with Crippen molar-refractivity contribution in [2.24, 2.45) is 5.73 Å². The molecule has 0 saturated heterocycles. The van der Waals surface area contributed by atoms with E-state index < -0.39 is 23.6 Å². The highest BCUT2D eigenvalue weighted by molar-refractivity contribution is 5.76. The van der Waals surface area contributed by atoms with Gasteiger partial charge in [-0.15, -0.1) is 0 Å². The fourth-order valence-electron chi connectivity index (χ4n) is 2.92. The fourth-order valence-corrected chi connectivity index (χ4v) is 2.92. The topological polar surface area (TPSA) is 117 Å². The number of amides is 2. The number of carbonyl (C=O) groups is 3. The Labute approximate surface area is 191 Å². The number of carbonyl (C=O) groups excluding carboxylic acids is 3. The molecule has 0 radical (unpaired) electrons. The van der Waals surface area contributed by atoms with E-state index in [0.717, 1.165) is 18.4 Å². The van der Waals surface area contributed by atoms with Gasteiger partial charge in [-0.3, -0.25) is 9.59 Å². The Balaban J connectivity index is 2.53. The molecule has 0 bridgehead atoms. The third kappa shape index (κ3) is 13.1. The minimum absolute atomic E-state index is 0.0294. The van der Waals surface area contributed by atoms with Crippen LogP contribution in [0.3, 0.4) is 0 Å². The van der Waals surface area contributed by atoms with Crippen molar-refractivity contribution in [1.29, 1.82) is 0 Å². The van der Waals surface area contributed by atoms with E-state index >= 15 is 0 Å². The van der Waals surface area contributed by atoms with Crippen LogP contribution in [0.15, 0.2) is 24.3 Å². The van der Waals surface area contributed by atoms with Gasteiger partial charge in [-0.2, -0.15) is 0 Å². The molecule has 0 spiro atoms. The second-order valence-electron chi connectivity index (χ2n) is 8.95. The van der Waals surface area contributed by atoms with Crippen molar-refractivity contribution in [3.8, 4) is 0 Å². The van der Waals surface area contributed by atoms with Crippen molar-refractivity contribution in [2.75, 3.05) is 13.2 Å². The van der Waals surface area contributed by atoms with E-state index in [1.165, 1.54) is 12.5 Å². The first kappa shape index (κ1) is 27.6. The van der Waals surface area contributed by atoms with Crippen LogP contribution in [0.4, 0.5) is 4.79 Å². The Kier molecular flexibility index (Phi) is 11.9. The average Bonchev–Trinajstić information content (AvgIpc) is 2.68. The van der Waals surface area contributed by atoms with Gasteiger partial charge in [-0.1, -0.05) is 24.3 Å². The first-order valence-electron chi connectivity index (χ1n) is 11.0. The zero-order valence-electron chi connectivity index (χ0n) is 19.9. The zero-order chi connectivity index (χ0) is 24.1. The third-order valence-corrected chi connectivity index (χ3v) is 4.57. The summed E-state index contributed by atoms with van der Waals surface area (Å²) in [6.45, 7) is 9.80. The standard InChI is InChI=1S/C24H38N2O6/c1-17(27)15-30-14-6-7-19-8-10-20(11-9-19)16-31-18(2)21(12-13-22(25)28)26-23(29)32-24(3,4)5/h8-11,18,21H,6-7,12-16H2,1-5H3,(H2,25,28)(H,26,29)/t18-,21+/m1/s1. The Bertz CT molecular complexity index is 727. The molecule has 1 rings (SSSR count). The molecule has 0 fully saturated rings. The van der Waals surface area contributed by atoms with Crippen LogP contribution in [0.5, 0.6) is 0 Å². The molecular formula is C24H38N2O6. The Morgan fingerprint density at radius 3 is 2.28 bits per heavy atom. The van der Waals surface area contributed by atoms with Crippen LogP contribution in [-0.2, 0) is 36.8 Å². The quantitative estimate of drug-likeness (QED) is 0.420. The molecule has 0 heterocycles. The van der Waals surface area contributed by atoms with Crippen LogP contribution in [-0.4, -0.2) is 48.7 Å². The number of alkyl carbamates (subject to hydrolysis) is 1. The molecule has 0 saturated carbocycles. The molecule has 1 aromatic rings. The molecule has 8 heteroatoms. The zero-order valence-corrected chi connectivity index (χ0v) is 19.9. The maximum absolute atomic E-state index is 12.2. The minimum atomic E-state index is -0.621. The van der Waals surface area contributed by atoms with Crippen LogP contribution in [0.1, 0.15) is 65.0 Å². The maximum atomic E-state index is 12.2. The summed E-state index contributed by atoms with van der Waals surface area (Å²) in [6, 6.07) is 7.66. The van der Waals surface area contributed by atoms with E-state index in [0.29, 0.717) is 19.6 Å². The summed E-state index contributed by atoms with van der Waals surface area (Å²) < 4.78 is 16.5. The first-order valence-corrected chi connectivity index (χ1v) is 11.0. The lowest BCUT2D eigenvalue weighted by molar-refractivity contribution is -0.121. The fraction of sp³-hybridized carbons (Fsp3) is 0.625. The van der Waals surface area contributed by atoms with Gasteiger partial charge in [0.05, 0.1) is 18.8 Å². The van der Waals surface area contributed by atoms with E-state index in [4.69, 9.17) is 19.9 Å². The lowest BCUT2D eigenvalue weighted by Gasteiger charge is -2.27. The summed E-state index contributed by atoms with van der Waals surface area (Å²) in [5.41, 5.74) is 6.83. The summed E-state index contributed by atoms with van der Waals surface area (Å²) in [7, 11) is 0. The molecule has 32 heavy (non-hydrogen) atoms. The van der Waals surface area contributed by atoms with Gasteiger partial charge in [-0.25, -0.2) is 4.79 Å². The summed E-state index contributed by atoms with van der Waals surface area (Å²) in [5, 5.41) is 2.79. The molecular weight excluding hydrogens is 412 g/mol. The number of benzene rings is 1. The molecule has 0 aliphatic rings. The normalized spacial score (nSPS) is 13.3. The monoisotopic (exact) mass is 450 g/mol. The molecule has 1 aromatic carbocycles. The van der Waals surface area contributed by atoms with Crippen molar-refractivity contribution in [3.63, 3.8) is 0 Å². The maximum Gasteiger partial charge on any atom is 0.407 e. The van der Waals surface area contributed by atoms with Gasteiger partial charge in [-0.05, 0) is 65.0 Å². The molecule has 0 aliphatic carbocycles. The van der Waals surface area contributed by atoms with Crippen LogP contribution < -0.4 is 11.1 Å². The predicted molar refractivity (Wildman–Crippen MR) is 122 cm³/mol. The molecule has 3 N–H and O–H groups in total. The molecule has 0 aromatic heterocycles. The number of primary amides is 1. The Morgan fingerprint density at radius 1 is 1.09 bits per heavy atom. The number of nitrogens with two attached hydrogens (primary N) is 1. The summed E-state index contributed by atoms with van der Waals surface area (Å²) in [6.07, 6.45) is 1.31. The molecule has 8 nitrogen and oxygen atoms in total. The third-order valence-electron chi connectivity index (χ3n) is 4.57. The molecule has 2 amide bonds. The smallest absolute Gasteiger partial charge is 0.407 e. The van der Waals surface area contributed by atoms with Gasteiger partial charge in [0.25, 0.3) is 0 Å². The van der Waals surface area contributed by atoms with Crippen molar-refractivity contribution < 1.29 is 28.6 Å². The second kappa shape index (κ2) is 13.9. The first-order chi connectivity index (χ1) is 15.0. The number of Topliss-reactive ketones (excluding diaryl/α,β-unsaturated/α-hetero) is 1. The highest BCUT2D eigenvalue weighted by Gasteiger charge is 2.24. The van der Waals surface area contributed by atoms with Crippen LogP contribution in [0.25, 0.3) is 0 Å². The summed E-state index contributed by atoms with van der Waals surface area (Å²) in [5.74, 6) is -0.405. The van der Waals surface area contributed by atoms with Gasteiger partial charge in [0.2, 0.25) is 5.91 Å². The molecule has 0 unspecified atom stereocenters. The van der Waals surface area contributed by atoms with E-state index in [2.05, 4.69) is 5.32 Å². The predicted octanol–water partition coefficient (Wildman–Crippen LogP) is 3.29. The van der Waals surface area contributed by atoms with Crippen LogP contribution in [0, 0.1) is 0 Å². The molecule has 180 valence electrons. The van der Waals surface area contributed by atoms with E-state index in [1.54, 1.807) is 20.8 Å². The summed E-state index contributed by atoms with van der Waals surface area (Å²) in [4.78, 5) is 34.2. The molecule has 0 aliphatic heterocycles. The van der Waals surface area contributed by atoms with Crippen molar-refractivity contribution in [2.45, 2.75) is 84.7 Å². The van der Waals surface area contributed by atoms with Gasteiger partial charge in [0.15, 0.2) is 5.78 Å². The van der Waals surface area contributed by atoms with Crippen molar-refractivity contribution in [1.82, 2.24) is 5.32 Å². The number of ether oxygens (including phenoxy) is 3. The number of nitrogens with one attached hydrogen (secondary N) is 1.